The lowest BCUT2D eigenvalue weighted by Gasteiger charge is -2.04. The highest BCUT2D eigenvalue weighted by Gasteiger charge is 2.67. The number of fused-ring (bicyclic) bond motifs is 5. The highest BCUT2D eigenvalue weighted by molar-refractivity contribution is 5.85. The molecule has 0 spiro atoms. The van der Waals surface area contributed by atoms with E-state index in [1.807, 2.05) is 24.3 Å². The van der Waals surface area contributed by atoms with Gasteiger partial charge in [-0.05, 0) is 48.5 Å². The largest absolute Gasteiger partial charge is 0.339 e. The van der Waals surface area contributed by atoms with Crippen molar-refractivity contribution < 1.29 is 4.52 Å². The molecular weight excluding hydrogens is 298 g/mol. The second-order valence-corrected chi connectivity index (χ2v) is 6.87. The van der Waals surface area contributed by atoms with E-state index in [0.29, 0.717) is 18.3 Å². The Morgan fingerprint density at radius 2 is 1.77 bits per heavy atom. The van der Waals surface area contributed by atoms with Crippen LogP contribution in [-0.4, -0.2) is 10.1 Å². The van der Waals surface area contributed by atoms with Crippen LogP contribution in [0, 0.1) is 23.7 Å². The van der Waals surface area contributed by atoms with Crippen LogP contribution in [0.2, 0.25) is 0 Å². The van der Waals surface area contributed by atoms with Gasteiger partial charge in [0.25, 0.3) is 0 Å². The van der Waals surface area contributed by atoms with E-state index in [-0.39, 0.29) is 12.4 Å². The predicted molar refractivity (Wildman–Crippen MR) is 85.4 cm³/mol. The molecule has 0 amide bonds. The number of aromatic nitrogens is 2. The van der Waals surface area contributed by atoms with E-state index in [0.717, 1.165) is 40.7 Å². The zero-order chi connectivity index (χ0) is 14.0. The van der Waals surface area contributed by atoms with Gasteiger partial charge in [0.2, 0.25) is 11.7 Å². The Kier molecular flexibility index (Phi) is 3.27. The standard InChI is InChI=1S/C17H19N3O.ClH/c18-8-9-1-3-10(4-2-9)16-19-17(21-20-16)15-13-11-5-6-12(7-11)14(13)15;/h1-4,11-15H,5-8,18H2;1H. The SMILES string of the molecule is Cl.NCc1ccc(-c2noc(C3C4C5CCC(C5)C34)n2)cc1. The summed E-state index contributed by atoms with van der Waals surface area (Å²) in [6, 6.07) is 8.09. The first-order valence-electron chi connectivity index (χ1n) is 7.98. The molecule has 2 aromatic rings. The van der Waals surface area contributed by atoms with Gasteiger partial charge in [-0.15, -0.1) is 12.4 Å². The van der Waals surface area contributed by atoms with Crippen molar-refractivity contribution in [3.63, 3.8) is 0 Å². The van der Waals surface area contributed by atoms with Gasteiger partial charge in [0.15, 0.2) is 0 Å². The molecule has 22 heavy (non-hydrogen) atoms. The zero-order valence-electron chi connectivity index (χ0n) is 12.3. The van der Waals surface area contributed by atoms with E-state index < -0.39 is 0 Å². The fourth-order valence-electron chi connectivity index (χ4n) is 4.93. The Morgan fingerprint density at radius 1 is 1.09 bits per heavy atom. The molecule has 0 radical (unpaired) electrons. The van der Waals surface area contributed by atoms with Crippen LogP contribution in [0.15, 0.2) is 28.8 Å². The molecule has 2 N–H and O–H groups in total. The first kappa shape index (κ1) is 14.2. The fourth-order valence-corrected chi connectivity index (χ4v) is 4.93. The summed E-state index contributed by atoms with van der Waals surface area (Å²) in [6.45, 7) is 0.561. The summed E-state index contributed by atoms with van der Waals surface area (Å²) in [4.78, 5) is 4.67. The van der Waals surface area contributed by atoms with Crippen molar-refractivity contribution in [2.24, 2.45) is 29.4 Å². The van der Waals surface area contributed by atoms with Crippen LogP contribution in [0.1, 0.15) is 36.6 Å². The van der Waals surface area contributed by atoms with Crippen LogP contribution in [0.4, 0.5) is 0 Å². The molecule has 5 rings (SSSR count). The number of nitrogens with zero attached hydrogens (tertiary/aromatic N) is 2. The molecule has 1 aromatic carbocycles. The van der Waals surface area contributed by atoms with Crippen LogP contribution in [0.5, 0.6) is 0 Å². The predicted octanol–water partition coefficient (Wildman–Crippen LogP) is 3.38. The molecule has 116 valence electrons. The Morgan fingerprint density at radius 3 is 2.41 bits per heavy atom. The molecule has 3 saturated carbocycles. The first-order valence-corrected chi connectivity index (χ1v) is 7.98. The molecule has 0 saturated heterocycles. The van der Waals surface area contributed by atoms with Gasteiger partial charge < -0.3 is 10.3 Å². The van der Waals surface area contributed by atoms with Crippen molar-refractivity contribution in [2.75, 3.05) is 0 Å². The average Bonchev–Trinajstić information content (AvgIpc) is 2.94. The Labute approximate surface area is 135 Å². The lowest BCUT2D eigenvalue weighted by molar-refractivity contribution is 0.356. The normalized spacial score (nSPS) is 34.3. The summed E-state index contributed by atoms with van der Waals surface area (Å²) < 4.78 is 5.57. The van der Waals surface area contributed by atoms with E-state index in [1.165, 1.54) is 19.3 Å². The first-order chi connectivity index (χ1) is 10.3. The number of hydrogen-bond acceptors (Lipinski definition) is 4. The van der Waals surface area contributed by atoms with E-state index in [2.05, 4.69) is 10.1 Å². The van der Waals surface area contributed by atoms with Crippen LogP contribution in [0.25, 0.3) is 11.4 Å². The topological polar surface area (TPSA) is 64.9 Å². The van der Waals surface area contributed by atoms with Crippen molar-refractivity contribution in [1.82, 2.24) is 10.1 Å². The summed E-state index contributed by atoms with van der Waals surface area (Å²) in [5.74, 6) is 5.70. The van der Waals surface area contributed by atoms with Crippen LogP contribution < -0.4 is 5.73 Å². The van der Waals surface area contributed by atoms with Crippen LogP contribution in [0.3, 0.4) is 0 Å². The van der Waals surface area contributed by atoms with E-state index in [4.69, 9.17) is 10.3 Å². The molecular formula is C17H20ClN3O. The number of hydrogen-bond donors (Lipinski definition) is 1. The minimum atomic E-state index is 0. The Bertz CT molecular complexity index is 667. The molecule has 0 aliphatic heterocycles. The summed E-state index contributed by atoms with van der Waals surface area (Å²) in [5.41, 5.74) is 7.76. The van der Waals surface area contributed by atoms with Crippen molar-refractivity contribution in [3.05, 3.63) is 35.7 Å². The molecule has 4 nitrogen and oxygen atoms in total. The van der Waals surface area contributed by atoms with Gasteiger partial charge >= 0.3 is 0 Å². The lowest BCUT2D eigenvalue weighted by atomic mass is 10.0. The highest BCUT2D eigenvalue weighted by Crippen LogP contribution is 2.72. The molecule has 3 aliphatic carbocycles. The average molecular weight is 318 g/mol. The Hall–Kier alpha value is -1.39. The van der Waals surface area contributed by atoms with Gasteiger partial charge in [-0.2, -0.15) is 4.98 Å². The summed E-state index contributed by atoms with van der Waals surface area (Å²) in [5, 5.41) is 4.18. The molecule has 1 aromatic heterocycles. The van der Waals surface area contributed by atoms with Crippen molar-refractivity contribution in [3.8, 4) is 11.4 Å². The smallest absolute Gasteiger partial charge is 0.230 e. The molecule has 4 unspecified atom stereocenters. The van der Waals surface area contributed by atoms with Gasteiger partial charge in [-0.1, -0.05) is 29.4 Å². The minimum Gasteiger partial charge on any atom is -0.339 e. The minimum absolute atomic E-state index is 0. The van der Waals surface area contributed by atoms with Crippen LogP contribution >= 0.6 is 12.4 Å². The zero-order valence-corrected chi connectivity index (χ0v) is 13.1. The molecule has 3 aliphatic rings. The van der Waals surface area contributed by atoms with Gasteiger partial charge in [-0.25, -0.2) is 0 Å². The maximum atomic E-state index is 5.63. The third kappa shape index (κ3) is 1.94. The van der Waals surface area contributed by atoms with E-state index in [1.54, 1.807) is 0 Å². The van der Waals surface area contributed by atoms with Gasteiger partial charge in [0, 0.05) is 18.0 Å². The Balaban J connectivity index is 0.00000125. The lowest BCUT2D eigenvalue weighted by Crippen LogP contribution is -1.97. The summed E-state index contributed by atoms with van der Waals surface area (Å²) in [6.07, 6.45) is 4.29. The molecule has 1 heterocycles. The molecule has 3 fully saturated rings. The number of nitrogens with two attached hydrogens (primary N) is 1. The fraction of sp³-hybridized carbons (Fsp3) is 0.529. The molecule has 5 heteroatoms. The third-order valence-electron chi connectivity index (χ3n) is 5.91. The number of benzene rings is 1. The number of rotatable bonds is 3. The monoisotopic (exact) mass is 317 g/mol. The quantitative estimate of drug-likeness (QED) is 0.942. The second-order valence-electron chi connectivity index (χ2n) is 6.87. The summed E-state index contributed by atoms with van der Waals surface area (Å²) >= 11 is 0. The van der Waals surface area contributed by atoms with Crippen molar-refractivity contribution in [2.45, 2.75) is 31.7 Å². The van der Waals surface area contributed by atoms with Gasteiger partial charge in [0.1, 0.15) is 0 Å². The third-order valence-corrected chi connectivity index (χ3v) is 5.91. The molecule has 2 bridgehead atoms. The van der Waals surface area contributed by atoms with Gasteiger partial charge in [0.05, 0.1) is 0 Å². The summed E-state index contributed by atoms with van der Waals surface area (Å²) in [7, 11) is 0. The van der Waals surface area contributed by atoms with E-state index >= 15 is 0 Å². The molecule has 4 atom stereocenters. The van der Waals surface area contributed by atoms with Gasteiger partial charge in [-0.3, -0.25) is 0 Å². The van der Waals surface area contributed by atoms with Crippen molar-refractivity contribution >= 4 is 12.4 Å². The highest BCUT2D eigenvalue weighted by atomic mass is 35.5. The maximum absolute atomic E-state index is 5.63. The van der Waals surface area contributed by atoms with Crippen molar-refractivity contribution in [1.29, 1.82) is 0 Å². The second kappa shape index (κ2) is 5.07. The number of halogens is 1. The van der Waals surface area contributed by atoms with Crippen LogP contribution in [-0.2, 0) is 6.54 Å². The maximum Gasteiger partial charge on any atom is 0.230 e. The van der Waals surface area contributed by atoms with E-state index in [9.17, 15) is 0 Å².